The molecule has 0 aliphatic heterocycles. The summed E-state index contributed by atoms with van der Waals surface area (Å²) >= 11 is 0. The molecular formula is C48H60FN5O7. The van der Waals surface area contributed by atoms with Gasteiger partial charge < -0.3 is 38.3 Å². The van der Waals surface area contributed by atoms with Crippen molar-refractivity contribution in [2.75, 3.05) is 79.1 Å². The van der Waals surface area contributed by atoms with Crippen molar-refractivity contribution in [3.63, 3.8) is 0 Å². The second-order valence-corrected chi connectivity index (χ2v) is 14.9. The van der Waals surface area contributed by atoms with Crippen molar-refractivity contribution in [3.05, 3.63) is 119 Å². The number of nitrogens with zero attached hydrogens (tertiary/aromatic N) is 4. The number of fused-ring (bicyclic) bond motifs is 2. The number of carbonyl (C=O) groups excluding carboxylic acids is 1. The van der Waals surface area contributed by atoms with E-state index in [1.165, 1.54) is 12.1 Å². The van der Waals surface area contributed by atoms with E-state index in [1.54, 1.807) is 0 Å². The van der Waals surface area contributed by atoms with Gasteiger partial charge in [0.1, 0.15) is 22.9 Å². The van der Waals surface area contributed by atoms with Crippen LogP contribution in [0.4, 0.5) is 4.39 Å². The zero-order valence-corrected chi connectivity index (χ0v) is 36.1. The van der Waals surface area contributed by atoms with Gasteiger partial charge in [-0.1, -0.05) is 24.3 Å². The third kappa shape index (κ3) is 13.7. The quantitative estimate of drug-likeness (QED) is 0.0517. The third-order valence-electron chi connectivity index (χ3n) is 10.3. The highest BCUT2D eigenvalue weighted by molar-refractivity contribution is 5.85. The van der Waals surface area contributed by atoms with Crippen molar-refractivity contribution in [3.8, 4) is 17.0 Å². The van der Waals surface area contributed by atoms with Gasteiger partial charge in [0, 0.05) is 73.5 Å². The van der Waals surface area contributed by atoms with Gasteiger partial charge in [0.15, 0.2) is 5.65 Å². The molecule has 3 aromatic heterocycles. The molecule has 0 saturated heterocycles. The van der Waals surface area contributed by atoms with Crippen molar-refractivity contribution >= 4 is 22.5 Å². The zero-order chi connectivity index (χ0) is 42.8. The summed E-state index contributed by atoms with van der Waals surface area (Å²) in [6, 6.07) is 24.8. The first-order valence-corrected chi connectivity index (χ1v) is 21.5. The van der Waals surface area contributed by atoms with Crippen LogP contribution in [0.5, 0.6) is 5.75 Å². The fourth-order valence-corrected chi connectivity index (χ4v) is 7.08. The van der Waals surface area contributed by atoms with Crippen molar-refractivity contribution in [2.45, 2.75) is 59.9 Å². The van der Waals surface area contributed by atoms with Crippen LogP contribution in [0, 0.1) is 19.7 Å². The number of hydrogen-bond acceptors (Lipinski definition) is 10. The molecule has 0 spiro atoms. The predicted octanol–water partition coefficient (Wildman–Crippen LogP) is 7.72. The van der Waals surface area contributed by atoms with Crippen LogP contribution in [0.3, 0.4) is 0 Å². The van der Waals surface area contributed by atoms with Crippen molar-refractivity contribution in [1.29, 1.82) is 0 Å². The van der Waals surface area contributed by atoms with Gasteiger partial charge in [-0.05, 0) is 99.8 Å². The van der Waals surface area contributed by atoms with E-state index in [-0.39, 0.29) is 18.1 Å². The van der Waals surface area contributed by atoms with E-state index < -0.39 is 0 Å². The molecule has 1 N–H and O–H groups in total. The van der Waals surface area contributed by atoms with E-state index in [2.05, 4.69) is 29.6 Å². The first kappa shape index (κ1) is 45.3. The van der Waals surface area contributed by atoms with Gasteiger partial charge in [-0.15, -0.1) is 0 Å². The van der Waals surface area contributed by atoms with E-state index in [0.717, 1.165) is 99.8 Å². The molecule has 0 fully saturated rings. The van der Waals surface area contributed by atoms with E-state index >= 15 is 0 Å². The van der Waals surface area contributed by atoms with Gasteiger partial charge in [-0.2, -0.15) is 5.10 Å². The number of ether oxygens (including phenoxy) is 5. The molecule has 0 atom stereocenters. The number of rotatable bonds is 27. The van der Waals surface area contributed by atoms with Crippen LogP contribution in [0.15, 0.2) is 83.3 Å². The summed E-state index contributed by atoms with van der Waals surface area (Å²) in [6.07, 6.45) is 2.56. The van der Waals surface area contributed by atoms with Gasteiger partial charge in [-0.25, -0.2) is 13.9 Å². The molecule has 0 saturated carbocycles. The maximum atomic E-state index is 13.2. The maximum Gasteiger partial charge on any atom is 0.227 e. The number of nitrogens with one attached hydrogen (secondary N) is 1. The Kier molecular flexibility index (Phi) is 17.6. The number of amides is 1. The first-order chi connectivity index (χ1) is 29.8. The summed E-state index contributed by atoms with van der Waals surface area (Å²) in [5.74, 6) is 1.53. The number of hydrogen-bond donors (Lipinski definition) is 1. The summed E-state index contributed by atoms with van der Waals surface area (Å²) in [4.78, 5) is 19.7. The number of furan rings is 1. The first-order valence-electron chi connectivity index (χ1n) is 21.5. The van der Waals surface area contributed by atoms with Gasteiger partial charge in [0.2, 0.25) is 5.91 Å². The second-order valence-electron chi connectivity index (χ2n) is 14.9. The van der Waals surface area contributed by atoms with Crippen molar-refractivity contribution in [1.82, 2.24) is 24.8 Å². The van der Waals surface area contributed by atoms with Crippen LogP contribution in [0.25, 0.3) is 27.9 Å². The van der Waals surface area contributed by atoms with Gasteiger partial charge in [-0.3, -0.25) is 4.79 Å². The number of likely N-dealkylation sites (N-methyl/N-ethyl adjacent to an activating group) is 1. The second kappa shape index (κ2) is 23.7. The average Bonchev–Trinajstić information content (AvgIpc) is 3.84. The maximum absolute atomic E-state index is 13.2. The minimum Gasteiger partial charge on any atom is -0.494 e. The normalized spacial score (nSPS) is 11.6. The molecule has 0 aliphatic carbocycles. The van der Waals surface area contributed by atoms with E-state index in [0.29, 0.717) is 72.6 Å². The van der Waals surface area contributed by atoms with E-state index in [4.69, 9.17) is 38.2 Å². The fourth-order valence-electron chi connectivity index (χ4n) is 7.08. The minimum atomic E-state index is -0.218. The zero-order valence-electron chi connectivity index (χ0n) is 36.1. The highest BCUT2D eigenvalue weighted by atomic mass is 19.1. The van der Waals surface area contributed by atoms with Gasteiger partial charge in [0.25, 0.3) is 0 Å². The summed E-state index contributed by atoms with van der Waals surface area (Å²) in [6.45, 7) is 15.5. The fraction of sp³-hybridized carbons (Fsp3) is 0.438. The van der Waals surface area contributed by atoms with E-state index in [1.807, 2.05) is 79.6 Å². The lowest BCUT2D eigenvalue weighted by atomic mass is 10.0. The van der Waals surface area contributed by atoms with Crippen LogP contribution in [-0.4, -0.2) is 105 Å². The van der Waals surface area contributed by atoms with E-state index in [9.17, 15) is 9.18 Å². The molecule has 326 valence electrons. The third-order valence-corrected chi connectivity index (χ3v) is 10.3. The molecule has 3 aromatic carbocycles. The molecule has 3 heterocycles. The molecule has 12 nitrogen and oxygen atoms in total. The lowest BCUT2D eigenvalue weighted by Crippen LogP contribution is -2.31. The molecule has 0 radical (unpaired) electrons. The molecule has 6 rings (SSSR count). The number of halogens is 1. The number of aryl methyl sites for hydroxylation is 4. The Labute approximate surface area is 358 Å². The lowest BCUT2D eigenvalue weighted by molar-refractivity contribution is -0.130. The largest absolute Gasteiger partial charge is 0.494 e. The molecule has 61 heavy (non-hydrogen) atoms. The molecular weight excluding hydrogens is 778 g/mol. The minimum absolute atomic E-state index is 0.0634. The Balaban J connectivity index is 0.761. The molecule has 6 aromatic rings. The number of aromatic nitrogens is 3. The highest BCUT2D eigenvalue weighted by Crippen LogP contribution is 2.29. The summed E-state index contributed by atoms with van der Waals surface area (Å²) < 4.78 is 49.7. The summed E-state index contributed by atoms with van der Waals surface area (Å²) in [5, 5.41) is 9.38. The number of carbonyl (C=O) groups is 1. The van der Waals surface area contributed by atoms with Crippen molar-refractivity contribution < 1.29 is 37.3 Å². The molecule has 0 aliphatic rings. The molecule has 13 heteroatoms. The number of benzene rings is 3. The van der Waals surface area contributed by atoms with Crippen LogP contribution >= 0.6 is 0 Å². The topological polar surface area (TPSA) is 122 Å². The Hall–Kier alpha value is -5.18. The van der Waals surface area contributed by atoms with Crippen LogP contribution in [0.1, 0.15) is 54.1 Å². The van der Waals surface area contributed by atoms with Crippen molar-refractivity contribution in [2.24, 2.45) is 0 Å². The average molecular weight is 838 g/mol. The molecule has 1 amide bonds. The Morgan fingerprint density at radius 1 is 0.770 bits per heavy atom. The predicted molar refractivity (Wildman–Crippen MR) is 235 cm³/mol. The van der Waals surface area contributed by atoms with Crippen LogP contribution in [-0.2, 0) is 49.5 Å². The monoisotopic (exact) mass is 837 g/mol. The Morgan fingerprint density at radius 2 is 1.44 bits per heavy atom. The molecule has 0 bridgehead atoms. The lowest BCUT2D eigenvalue weighted by Gasteiger charge is -2.18. The standard InChI is InChI=1S/C48H60FN5O7/c1-5-53(6-2)46(55)33-44-47(52-54-36(4)30-35(3)51-48(44)54)39-13-18-42(19-14-39)60-22-7-21-56-24-26-58-28-29-59-27-25-57-23-20-50-34-38-8-12-40-32-43(61-45(40)31-38)17-11-37-9-15-41(49)16-10-37/h8-10,12-16,18-19,30-32,50H,5-7,11,17,20-29,33-34H2,1-4H3. The van der Waals surface area contributed by atoms with Gasteiger partial charge in [0.05, 0.1) is 65.0 Å². The highest BCUT2D eigenvalue weighted by Gasteiger charge is 2.22. The summed E-state index contributed by atoms with van der Waals surface area (Å²) in [5.41, 5.74) is 8.20. The molecule has 0 unspecified atom stereocenters. The summed E-state index contributed by atoms with van der Waals surface area (Å²) in [7, 11) is 0. The van der Waals surface area contributed by atoms with Gasteiger partial charge >= 0.3 is 0 Å². The SMILES string of the molecule is CCN(CC)C(=O)Cc1c(-c2ccc(OCCCOCCOCCOCCOCCNCc3ccc4cc(CCc5ccc(F)cc5)oc4c3)cc2)nn2c(C)cc(C)nc12. The van der Waals surface area contributed by atoms with Crippen LogP contribution in [0.2, 0.25) is 0 Å². The van der Waals surface area contributed by atoms with Crippen LogP contribution < -0.4 is 10.1 Å². The Morgan fingerprint density at radius 3 is 2.15 bits per heavy atom. The smallest absolute Gasteiger partial charge is 0.227 e. The Bertz CT molecular complexity index is 2250.